The minimum atomic E-state index is 0.176. The Balaban J connectivity index is 2.21. The Labute approximate surface area is 116 Å². The molecule has 1 N–H and O–H groups in total. The zero-order chi connectivity index (χ0) is 13.8. The summed E-state index contributed by atoms with van der Waals surface area (Å²) in [6, 6.07) is 6.61. The zero-order valence-electron chi connectivity index (χ0n) is 12.5. The first-order chi connectivity index (χ1) is 8.91. The quantitative estimate of drug-likeness (QED) is 0.836. The number of fused-ring (bicyclic) bond motifs is 4. The van der Waals surface area contributed by atoms with Crippen LogP contribution in [-0.4, -0.2) is 29.1 Å². The van der Waals surface area contributed by atoms with Crippen LogP contribution in [0.3, 0.4) is 0 Å². The van der Waals surface area contributed by atoms with Crippen molar-refractivity contribution < 1.29 is 5.11 Å². The van der Waals surface area contributed by atoms with Crippen LogP contribution >= 0.6 is 0 Å². The summed E-state index contributed by atoms with van der Waals surface area (Å²) >= 11 is 0. The molecule has 2 atom stereocenters. The molecule has 2 nitrogen and oxygen atoms in total. The van der Waals surface area contributed by atoms with Gasteiger partial charge in [-0.25, -0.2) is 0 Å². The Kier molecular flexibility index (Phi) is 2.72. The van der Waals surface area contributed by atoms with Gasteiger partial charge in [0.25, 0.3) is 0 Å². The number of hydrogen-bond donors (Lipinski definition) is 1. The molecule has 19 heavy (non-hydrogen) atoms. The SMILES string of the molecule is CCN1CC[C@@]2(C)c3cccc(O)c3C[C@@H]1C2(C)C. The maximum atomic E-state index is 10.2. The molecule has 3 rings (SSSR count). The highest BCUT2D eigenvalue weighted by molar-refractivity contribution is 5.48. The molecule has 2 aliphatic rings. The van der Waals surface area contributed by atoms with Gasteiger partial charge in [0.1, 0.15) is 5.75 Å². The largest absolute Gasteiger partial charge is 0.508 e. The van der Waals surface area contributed by atoms with E-state index < -0.39 is 0 Å². The van der Waals surface area contributed by atoms with Crippen LogP contribution in [0.25, 0.3) is 0 Å². The third kappa shape index (κ3) is 1.53. The number of aromatic hydroxyl groups is 1. The molecule has 1 aliphatic heterocycles. The predicted molar refractivity (Wildman–Crippen MR) is 78.6 cm³/mol. The Morgan fingerprint density at radius 2 is 2.05 bits per heavy atom. The van der Waals surface area contributed by atoms with Crippen molar-refractivity contribution in [3.63, 3.8) is 0 Å². The third-order valence-corrected chi connectivity index (χ3v) is 6.14. The van der Waals surface area contributed by atoms with Crippen molar-refractivity contribution in [3.8, 4) is 5.75 Å². The lowest BCUT2D eigenvalue weighted by molar-refractivity contribution is -0.0356. The number of benzene rings is 1. The monoisotopic (exact) mass is 259 g/mol. The van der Waals surface area contributed by atoms with Crippen LogP contribution in [0.5, 0.6) is 5.75 Å². The fraction of sp³-hybridized carbons (Fsp3) is 0.647. The normalized spacial score (nSPS) is 32.9. The zero-order valence-corrected chi connectivity index (χ0v) is 12.5. The van der Waals surface area contributed by atoms with Gasteiger partial charge in [0, 0.05) is 11.5 Å². The molecule has 0 amide bonds. The summed E-state index contributed by atoms with van der Waals surface area (Å²) in [5.41, 5.74) is 2.99. The molecule has 1 saturated heterocycles. The van der Waals surface area contributed by atoms with Crippen molar-refractivity contribution in [3.05, 3.63) is 29.3 Å². The van der Waals surface area contributed by atoms with Crippen LogP contribution in [0.2, 0.25) is 0 Å². The van der Waals surface area contributed by atoms with Gasteiger partial charge in [0.05, 0.1) is 0 Å². The van der Waals surface area contributed by atoms with Crippen LogP contribution in [0.4, 0.5) is 0 Å². The Morgan fingerprint density at radius 1 is 1.32 bits per heavy atom. The van der Waals surface area contributed by atoms with Crippen LogP contribution in [0, 0.1) is 5.41 Å². The van der Waals surface area contributed by atoms with Gasteiger partial charge in [-0.05, 0) is 48.5 Å². The molecule has 0 saturated carbocycles. The number of likely N-dealkylation sites (tertiary alicyclic amines) is 1. The van der Waals surface area contributed by atoms with E-state index in [1.165, 1.54) is 24.1 Å². The lowest BCUT2D eigenvalue weighted by Gasteiger charge is -2.61. The van der Waals surface area contributed by atoms with Crippen molar-refractivity contribution in [2.45, 2.75) is 52.0 Å². The second-order valence-corrected chi connectivity index (χ2v) is 6.96. The summed E-state index contributed by atoms with van der Waals surface area (Å²) in [5.74, 6) is 0.488. The average molecular weight is 259 g/mol. The van der Waals surface area contributed by atoms with E-state index in [1.54, 1.807) is 0 Å². The number of likely N-dealkylation sites (N-methyl/N-ethyl adjacent to an activating group) is 1. The second-order valence-electron chi connectivity index (χ2n) is 6.96. The standard InChI is InChI=1S/C17H25NO/c1-5-18-10-9-17(4)13-7-6-8-14(19)12(13)11-15(18)16(17,2)3/h6-8,15,19H,5,9-11H2,1-4H3/t15-,17+/m1/s1. The van der Waals surface area contributed by atoms with E-state index in [0.717, 1.165) is 13.0 Å². The summed E-state index contributed by atoms with van der Waals surface area (Å²) in [5, 5.41) is 10.2. The molecule has 0 spiro atoms. The van der Waals surface area contributed by atoms with Crippen molar-refractivity contribution >= 4 is 0 Å². The van der Waals surface area contributed by atoms with E-state index in [4.69, 9.17) is 0 Å². The number of nitrogens with zero attached hydrogens (tertiary/aromatic N) is 1. The van der Waals surface area contributed by atoms with E-state index >= 15 is 0 Å². The lowest BCUT2D eigenvalue weighted by Crippen LogP contribution is -2.63. The molecule has 1 aliphatic carbocycles. The first kappa shape index (κ1) is 13.0. The number of phenolic OH excluding ortho intramolecular Hbond substituents is 1. The Bertz CT molecular complexity index is 508. The van der Waals surface area contributed by atoms with E-state index in [2.05, 4.69) is 38.7 Å². The Morgan fingerprint density at radius 3 is 2.74 bits per heavy atom. The maximum absolute atomic E-state index is 10.2. The summed E-state index contributed by atoms with van der Waals surface area (Å²) in [4.78, 5) is 2.59. The molecule has 104 valence electrons. The minimum absolute atomic E-state index is 0.176. The fourth-order valence-corrected chi connectivity index (χ4v) is 4.41. The molecule has 2 heteroatoms. The highest BCUT2D eigenvalue weighted by Crippen LogP contribution is 2.56. The van der Waals surface area contributed by atoms with Crippen molar-refractivity contribution in [2.24, 2.45) is 5.41 Å². The molecule has 1 heterocycles. The van der Waals surface area contributed by atoms with Gasteiger partial charge < -0.3 is 5.11 Å². The van der Waals surface area contributed by atoms with Gasteiger partial charge in [0.15, 0.2) is 0 Å². The van der Waals surface area contributed by atoms with E-state index in [9.17, 15) is 5.11 Å². The van der Waals surface area contributed by atoms with Crippen molar-refractivity contribution in [1.29, 1.82) is 0 Å². The minimum Gasteiger partial charge on any atom is -0.508 e. The molecular weight excluding hydrogens is 234 g/mol. The number of piperidine rings is 1. The van der Waals surface area contributed by atoms with Gasteiger partial charge in [-0.1, -0.05) is 39.8 Å². The first-order valence-corrected chi connectivity index (χ1v) is 7.47. The predicted octanol–water partition coefficient (Wildman–Crippen LogP) is 3.33. The van der Waals surface area contributed by atoms with Gasteiger partial charge in [0.2, 0.25) is 0 Å². The lowest BCUT2D eigenvalue weighted by atomic mass is 9.51. The van der Waals surface area contributed by atoms with Gasteiger partial charge in [-0.3, -0.25) is 4.90 Å². The molecule has 0 unspecified atom stereocenters. The van der Waals surface area contributed by atoms with Crippen LogP contribution in [-0.2, 0) is 11.8 Å². The van der Waals surface area contributed by atoms with Crippen molar-refractivity contribution in [1.82, 2.24) is 4.90 Å². The second kappa shape index (κ2) is 3.99. The number of rotatable bonds is 1. The molecular formula is C17H25NO. The molecule has 1 aromatic carbocycles. The van der Waals surface area contributed by atoms with E-state index in [1.807, 2.05) is 12.1 Å². The van der Waals surface area contributed by atoms with Crippen LogP contribution in [0.15, 0.2) is 18.2 Å². The van der Waals surface area contributed by atoms with Crippen LogP contribution in [0.1, 0.15) is 45.2 Å². The van der Waals surface area contributed by atoms with Gasteiger partial charge in [-0.15, -0.1) is 0 Å². The summed E-state index contributed by atoms with van der Waals surface area (Å²) in [7, 11) is 0. The molecule has 2 bridgehead atoms. The molecule has 1 aromatic rings. The third-order valence-electron chi connectivity index (χ3n) is 6.14. The fourth-order valence-electron chi connectivity index (χ4n) is 4.41. The number of hydrogen-bond acceptors (Lipinski definition) is 2. The summed E-state index contributed by atoms with van der Waals surface area (Å²) in [6.45, 7) is 11.7. The Hall–Kier alpha value is -1.02. The van der Waals surface area contributed by atoms with E-state index in [-0.39, 0.29) is 10.8 Å². The first-order valence-electron chi connectivity index (χ1n) is 7.47. The van der Waals surface area contributed by atoms with Gasteiger partial charge in [-0.2, -0.15) is 0 Å². The smallest absolute Gasteiger partial charge is 0.119 e. The summed E-state index contributed by atoms with van der Waals surface area (Å²) in [6.07, 6.45) is 2.17. The topological polar surface area (TPSA) is 23.5 Å². The van der Waals surface area contributed by atoms with Crippen LogP contribution < -0.4 is 0 Å². The van der Waals surface area contributed by atoms with E-state index in [0.29, 0.717) is 11.8 Å². The molecule has 0 aromatic heterocycles. The maximum Gasteiger partial charge on any atom is 0.119 e. The van der Waals surface area contributed by atoms with Gasteiger partial charge >= 0.3 is 0 Å². The highest BCUT2D eigenvalue weighted by atomic mass is 16.3. The molecule has 1 fully saturated rings. The average Bonchev–Trinajstić information content (AvgIpc) is 2.35. The van der Waals surface area contributed by atoms with Crippen molar-refractivity contribution in [2.75, 3.05) is 13.1 Å². The summed E-state index contributed by atoms with van der Waals surface area (Å²) < 4.78 is 0. The molecule has 0 radical (unpaired) electrons. The highest BCUT2D eigenvalue weighted by Gasteiger charge is 2.55. The number of phenols is 1.